The lowest BCUT2D eigenvalue weighted by Crippen LogP contribution is -2.15. The normalized spacial score (nSPS) is 13.1. The number of nitrogens with zero attached hydrogens (tertiary/aromatic N) is 3. The van der Waals surface area contributed by atoms with Crippen molar-refractivity contribution in [1.29, 1.82) is 0 Å². The van der Waals surface area contributed by atoms with Gasteiger partial charge in [0.2, 0.25) is 0 Å². The molecule has 8 heteroatoms. The molecular formula is C19H15ClN4O2S. The Labute approximate surface area is 164 Å². The fourth-order valence-corrected chi connectivity index (χ4v) is 3.96. The summed E-state index contributed by atoms with van der Waals surface area (Å²) < 4.78 is 13.2. The van der Waals surface area contributed by atoms with Crippen LogP contribution in [0.2, 0.25) is 5.02 Å². The van der Waals surface area contributed by atoms with Gasteiger partial charge < -0.3 is 19.4 Å². The summed E-state index contributed by atoms with van der Waals surface area (Å²) in [6.45, 7) is 1.15. The van der Waals surface area contributed by atoms with Crippen molar-refractivity contribution in [2.45, 2.75) is 0 Å². The lowest BCUT2D eigenvalue weighted by molar-refractivity contribution is 0.171. The average molecular weight is 399 g/mol. The lowest BCUT2D eigenvalue weighted by Gasteiger charge is -2.18. The highest BCUT2D eigenvalue weighted by atomic mass is 35.5. The Hall–Kier alpha value is -2.77. The van der Waals surface area contributed by atoms with E-state index in [1.807, 2.05) is 53.4 Å². The van der Waals surface area contributed by atoms with Crippen LogP contribution in [0.15, 0.2) is 41.8 Å². The smallest absolute Gasteiger partial charge is 0.187 e. The Kier molecular flexibility index (Phi) is 3.91. The number of fused-ring (bicyclic) bond motifs is 2. The first-order valence-corrected chi connectivity index (χ1v) is 9.68. The zero-order chi connectivity index (χ0) is 18.4. The zero-order valence-corrected chi connectivity index (χ0v) is 16.0. The molecule has 2 aromatic heterocycles. The fourth-order valence-electron chi connectivity index (χ4n) is 3.08. The van der Waals surface area contributed by atoms with Gasteiger partial charge in [-0.2, -0.15) is 0 Å². The van der Waals surface area contributed by atoms with E-state index in [1.54, 1.807) is 0 Å². The largest absolute Gasteiger partial charge is 0.486 e. The molecule has 0 bridgehead atoms. The van der Waals surface area contributed by atoms with Crippen molar-refractivity contribution < 1.29 is 9.47 Å². The number of aryl methyl sites for hydroxylation is 1. The predicted octanol–water partition coefficient (Wildman–Crippen LogP) is 4.87. The minimum atomic E-state index is 0.564. The summed E-state index contributed by atoms with van der Waals surface area (Å²) in [6, 6.07) is 11.5. The first kappa shape index (κ1) is 16.4. The second-order valence-corrected chi connectivity index (χ2v) is 7.44. The molecule has 0 amide bonds. The van der Waals surface area contributed by atoms with Gasteiger partial charge in [-0.1, -0.05) is 11.6 Å². The Balaban J connectivity index is 1.44. The van der Waals surface area contributed by atoms with Gasteiger partial charge in [-0.25, -0.2) is 9.97 Å². The van der Waals surface area contributed by atoms with Gasteiger partial charge in [0.25, 0.3) is 0 Å². The van der Waals surface area contributed by atoms with E-state index in [2.05, 4.69) is 15.3 Å². The quantitative estimate of drug-likeness (QED) is 0.533. The van der Waals surface area contributed by atoms with E-state index < -0.39 is 0 Å². The third-order valence-corrected chi connectivity index (χ3v) is 5.36. The maximum Gasteiger partial charge on any atom is 0.187 e. The van der Waals surface area contributed by atoms with Gasteiger partial charge >= 0.3 is 0 Å². The monoisotopic (exact) mass is 398 g/mol. The van der Waals surface area contributed by atoms with Gasteiger partial charge in [0.05, 0.1) is 11.0 Å². The van der Waals surface area contributed by atoms with E-state index >= 15 is 0 Å². The molecule has 136 valence electrons. The predicted molar refractivity (Wildman–Crippen MR) is 108 cm³/mol. The maximum atomic E-state index is 6.08. The number of hydrogen-bond donors (Lipinski definition) is 1. The molecule has 1 aliphatic rings. The number of ether oxygens (including phenoxy) is 2. The molecule has 1 N–H and O–H groups in total. The number of halogens is 1. The van der Waals surface area contributed by atoms with Gasteiger partial charge in [-0.05, 0) is 30.3 Å². The Morgan fingerprint density at radius 2 is 1.93 bits per heavy atom. The summed E-state index contributed by atoms with van der Waals surface area (Å²) in [5.41, 5.74) is 3.59. The summed E-state index contributed by atoms with van der Waals surface area (Å²) in [5.74, 6) is 2.32. The number of benzene rings is 2. The van der Waals surface area contributed by atoms with Crippen LogP contribution in [-0.4, -0.2) is 27.7 Å². The topological polar surface area (TPSA) is 61.2 Å². The third kappa shape index (κ3) is 2.98. The van der Waals surface area contributed by atoms with E-state index in [4.69, 9.17) is 21.1 Å². The minimum absolute atomic E-state index is 0.564. The third-order valence-electron chi connectivity index (χ3n) is 4.37. The number of thiazole rings is 1. The SMILES string of the molecule is Cn1c(-c2csc(Nc3ccc4c(c3)OCCO4)n2)nc2cc(Cl)ccc21. The first-order valence-electron chi connectivity index (χ1n) is 8.42. The second kappa shape index (κ2) is 6.44. The standard InChI is InChI=1S/C19H15ClN4O2S/c1-24-15-4-2-11(20)8-13(15)22-18(24)14-10-27-19(23-14)21-12-3-5-16-17(9-12)26-7-6-25-16/h2-5,8-10H,6-7H2,1H3,(H,21,23). The summed E-state index contributed by atoms with van der Waals surface area (Å²) in [4.78, 5) is 9.37. The molecule has 0 saturated carbocycles. The van der Waals surface area contributed by atoms with Crippen molar-refractivity contribution >= 4 is 44.8 Å². The van der Waals surface area contributed by atoms with Crippen LogP contribution in [-0.2, 0) is 7.05 Å². The molecule has 3 heterocycles. The van der Waals surface area contributed by atoms with Crippen molar-refractivity contribution in [1.82, 2.24) is 14.5 Å². The maximum absolute atomic E-state index is 6.08. The molecule has 0 spiro atoms. The van der Waals surface area contributed by atoms with Crippen LogP contribution in [0.25, 0.3) is 22.6 Å². The van der Waals surface area contributed by atoms with Gasteiger partial charge in [0.1, 0.15) is 18.9 Å². The molecule has 0 unspecified atom stereocenters. The molecule has 27 heavy (non-hydrogen) atoms. The molecular weight excluding hydrogens is 384 g/mol. The van der Waals surface area contributed by atoms with Gasteiger partial charge in [-0.3, -0.25) is 0 Å². The van der Waals surface area contributed by atoms with Crippen molar-refractivity contribution in [3.63, 3.8) is 0 Å². The Morgan fingerprint density at radius 3 is 2.81 bits per heavy atom. The van der Waals surface area contributed by atoms with Crippen LogP contribution < -0.4 is 14.8 Å². The summed E-state index contributed by atoms with van der Waals surface area (Å²) >= 11 is 7.60. The molecule has 4 aromatic rings. The molecule has 6 nitrogen and oxygen atoms in total. The highest BCUT2D eigenvalue weighted by Gasteiger charge is 2.15. The Bertz CT molecular complexity index is 1150. The van der Waals surface area contributed by atoms with Crippen molar-refractivity contribution in [2.24, 2.45) is 7.05 Å². The van der Waals surface area contributed by atoms with Crippen molar-refractivity contribution in [3.8, 4) is 23.0 Å². The van der Waals surface area contributed by atoms with Crippen LogP contribution in [0.3, 0.4) is 0 Å². The Morgan fingerprint density at radius 1 is 1.07 bits per heavy atom. The van der Waals surface area contributed by atoms with Crippen LogP contribution in [0, 0.1) is 0 Å². The molecule has 2 aromatic carbocycles. The number of nitrogens with one attached hydrogen (secondary N) is 1. The first-order chi connectivity index (χ1) is 13.2. The fraction of sp³-hybridized carbons (Fsp3) is 0.158. The van der Waals surface area contributed by atoms with Crippen LogP contribution in [0.1, 0.15) is 0 Å². The zero-order valence-electron chi connectivity index (χ0n) is 14.4. The molecule has 0 saturated heterocycles. The van der Waals surface area contributed by atoms with Crippen molar-refractivity contribution in [3.05, 3.63) is 46.8 Å². The lowest BCUT2D eigenvalue weighted by atomic mass is 10.2. The van der Waals surface area contributed by atoms with Gasteiger partial charge in [0.15, 0.2) is 22.5 Å². The van der Waals surface area contributed by atoms with Crippen molar-refractivity contribution in [2.75, 3.05) is 18.5 Å². The van der Waals surface area contributed by atoms with Gasteiger partial charge in [-0.15, -0.1) is 11.3 Å². The van der Waals surface area contributed by atoms with E-state index in [-0.39, 0.29) is 0 Å². The summed E-state index contributed by atoms with van der Waals surface area (Å²) in [7, 11) is 1.98. The number of hydrogen-bond acceptors (Lipinski definition) is 6. The highest BCUT2D eigenvalue weighted by molar-refractivity contribution is 7.14. The number of anilines is 2. The molecule has 1 aliphatic heterocycles. The summed E-state index contributed by atoms with van der Waals surface area (Å²) in [5, 5.41) is 6.77. The van der Waals surface area contributed by atoms with E-state index in [0.717, 1.165) is 44.9 Å². The number of aromatic nitrogens is 3. The number of imidazole rings is 1. The molecule has 0 atom stereocenters. The van der Waals surface area contributed by atoms with Crippen LogP contribution in [0.5, 0.6) is 11.5 Å². The minimum Gasteiger partial charge on any atom is -0.486 e. The number of rotatable bonds is 3. The van der Waals surface area contributed by atoms with E-state index in [1.165, 1.54) is 11.3 Å². The average Bonchev–Trinajstić information content (AvgIpc) is 3.26. The van der Waals surface area contributed by atoms with E-state index in [0.29, 0.717) is 18.2 Å². The van der Waals surface area contributed by atoms with E-state index in [9.17, 15) is 0 Å². The molecule has 5 rings (SSSR count). The molecule has 0 radical (unpaired) electrons. The molecule has 0 fully saturated rings. The van der Waals surface area contributed by atoms with Crippen LogP contribution >= 0.6 is 22.9 Å². The van der Waals surface area contributed by atoms with Gasteiger partial charge in [0, 0.05) is 29.2 Å². The second-order valence-electron chi connectivity index (χ2n) is 6.15. The highest BCUT2D eigenvalue weighted by Crippen LogP contribution is 2.35. The summed E-state index contributed by atoms with van der Waals surface area (Å²) in [6.07, 6.45) is 0. The van der Waals surface area contributed by atoms with Crippen LogP contribution in [0.4, 0.5) is 10.8 Å². The molecule has 0 aliphatic carbocycles.